The number of ether oxygens (including phenoxy) is 1. The maximum atomic E-state index is 5.48. The van der Waals surface area contributed by atoms with Gasteiger partial charge in [0, 0.05) is 12.1 Å². The van der Waals surface area contributed by atoms with Crippen molar-refractivity contribution in [1.29, 1.82) is 0 Å². The molecule has 0 saturated carbocycles. The van der Waals surface area contributed by atoms with Gasteiger partial charge in [0.15, 0.2) is 0 Å². The van der Waals surface area contributed by atoms with Crippen molar-refractivity contribution < 1.29 is 4.74 Å². The van der Waals surface area contributed by atoms with Gasteiger partial charge < -0.3 is 4.74 Å². The Hall–Kier alpha value is -0.0800. The van der Waals surface area contributed by atoms with Gasteiger partial charge in [0.2, 0.25) is 0 Å². The van der Waals surface area contributed by atoms with Crippen molar-refractivity contribution in [2.45, 2.75) is 25.3 Å². The quantitative estimate of drug-likeness (QED) is 0.519. The minimum Gasteiger partial charge on any atom is -0.379 e. The van der Waals surface area contributed by atoms with E-state index < -0.39 is 0 Å². The van der Waals surface area contributed by atoms with Crippen molar-refractivity contribution in [3.8, 4) is 0 Å². The average molecular weight is 155 g/mol. The third kappa shape index (κ3) is 0.926. The maximum absolute atomic E-state index is 5.48. The monoisotopic (exact) mass is 155 g/mol. The molecule has 2 atom stereocenters. The molecule has 0 aromatic rings. The molecule has 1 spiro atoms. The van der Waals surface area contributed by atoms with Crippen LogP contribution >= 0.6 is 0 Å². The Morgan fingerprint density at radius 3 is 2.82 bits per heavy atom. The van der Waals surface area contributed by atoms with Crippen LogP contribution in [0, 0.1) is 5.92 Å². The minimum absolute atomic E-state index is 0.417. The Bertz CT molecular complexity index is 140. The summed E-state index contributed by atoms with van der Waals surface area (Å²) < 4.78 is 5.48. The second kappa shape index (κ2) is 2.46. The van der Waals surface area contributed by atoms with Crippen LogP contribution in [0.2, 0.25) is 0 Å². The van der Waals surface area contributed by atoms with Crippen molar-refractivity contribution in [1.82, 2.24) is 4.90 Å². The van der Waals surface area contributed by atoms with Crippen LogP contribution in [0.4, 0.5) is 0 Å². The highest BCUT2D eigenvalue weighted by atomic mass is 16.5. The summed E-state index contributed by atoms with van der Waals surface area (Å²) in [5, 5.41) is 0. The molecule has 11 heavy (non-hydrogen) atoms. The predicted molar refractivity (Wildman–Crippen MR) is 44.6 cm³/mol. The first-order chi connectivity index (χ1) is 5.26. The zero-order chi connectivity index (χ0) is 7.90. The molecule has 0 radical (unpaired) electrons. The highest BCUT2D eigenvalue weighted by molar-refractivity contribution is 5.01. The van der Waals surface area contributed by atoms with E-state index in [2.05, 4.69) is 18.9 Å². The first kappa shape index (κ1) is 7.56. The fourth-order valence-corrected chi connectivity index (χ4v) is 2.51. The molecule has 2 fully saturated rings. The van der Waals surface area contributed by atoms with Gasteiger partial charge in [0.1, 0.15) is 0 Å². The largest absolute Gasteiger partial charge is 0.379 e. The zero-order valence-electron chi connectivity index (χ0n) is 7.47. The normalized spacial score (nSPS) is 45.8. The SMILES string of the molecule is C[C@@H]1CCN(C)[C@@]12CCOC2. The molecule has 2 aliphatic rings. The van der Waals surface area contributed by atoms with Gasteiger partial charge in [-0.2, -0.15) is 0 Å². The number of nitrogens with zero attached hydrogens (tertiary/aromatic N) is 1. The number of rotatable bonds is 0. The van der Waals surface area contributed by atoms with Gasteiger partial charge in [-0.15, -0.1) is 0 Å². The van der Waals surface area contributed by atoms with Gasteiger partial charge in [-0.25, -0.2) is 0 Å². The summed E-state index contributed by atoms with van der Waals surface area (Å²) in [7, 11) is 2.23. The van der Waals surface area contributed by atoms with E-state index in [1.807, 2.05) is 0 Å². The van der Waals surface area contributed by atoms with Gasteiger partial charge in [-0.05, 0) is 32.4 Å². The molecule has 0 aliphatic carbocycles. The second-order valence-electron chi connectivity index (χ2n) is 4.02. The summed E-state index contributed by atoms with van der Waals surface area (Å²) in [4.78, 5) is 2.49. The molecular weight excluding hydrogens is 138 g/mol. The Morgan fingerprint density at radius 1 is 1.55 bits per heavy atom. The molecule has 2 nitrogen and oxygen atoms in total. The van der Waals surface area contributed by atoms with Gasteiger partial charge in [0.25, 0.3) is 0 Å². The van der Waals surface area contributed by atoms with Gasteiger partial charge >= 0.3 is 0 Å². The van der Waals surface area contributed by atoms with E-state index in [0.717, 1.165) is 19.1 Å². The van der Waals surface area contributed by atoms with E-state index in [0.29, 0.717) is 5.54 Å². The smallest absolute Gasteiger partial charge is 0.0653 e. The van der Waals surface area contributed by atoms with Crippen molar-refractivity contribution in [3.05, 3.63) is 0 Å². The number of likely N-dealkylation sites (tertiary alicyclic amines) is 1. The molecule has 0 aromatic carbocycles. The average Bonchev–Trinajstić information content (AvgIpc) is 2.56. The molecule has 2 aliphatic heterocycles. The van der Waals surface area contributed by atoms with Crippen molar-refractivity contribution in [2.75, 3.05) is 26.8 Å². The zero-order valence-corrected chi connectivity index (χ0v) is 7.47. The fourth-order valence-electron chi connectivity index (χ4n) is 2.51. The van der Waals surface area contributed by atoms with E-state index in [9.17, 15) is 0 Å². The summed E-state index contributed by atoms with van der Waals surface area (Å²) in [6.07, 6.45) is 2.59. The standard InChI is InChI=1S/C9H17NO/c1-8-3-5-10(2)9(8)4-6-11-7-9/h8H,3-7H2,1-2H3/t8-,9-/m1/s1. The van der Waals surface area contributed by atoms with E-state index in [-0.39, 0.29) is 0 Å². The molecule has 0 aromatic heterocycles. The third-order valence-corrected chi connectivity index (χ3v) is 3.61. The highest BCUT2D eigenvalue weighted by Gasteiger charge is 2.46. The van der Waals surface area contributed by atoms with E-state index in [1.54, 1.807) is 0 Å². The lowest BCUT2D eigenvalue weighted by molar-refractivity contribution is 0.0975. The van der Waals surface area contributed by atoms with Crippen molar-refractivity contribution in [3.63, 3.8) is 0 Å². The molecule has 2 heterocycles. The number of likely N-dealkylation sites (N-methyl/N-ethyl adjacent to an activating group) is 1. The Kier molecular flexibility index (Phi) is 1.69. The Labute approximate surface area is 68.5 Å². The van der Waals surface area contributed by atoms with Crippen LogP contribution in [-0.2, 0) is 4.74 Å². The Morgan fingerprint density at radius 2 is 2.36 bits per heavy atom. The molecular formula is C9H17NO. The number of hydrogen-bond donors (Lipinski definition) is 0. The van der Waals surface area contributed by atoms with Gasteiger partial charge in [0.05, 0.1) is 6.61 Å². The molecule has 0 unspecified atom stereocenters. The van der Waals surface area contributed by atoms with Crippen LogP contribution in [0.1, 0.15) is 19.8 Å². The molecule has 64 valence electrons. The summed E-state index contributed by atoms with van der Waals surface area (Å²) in [6, 6.07) is 0. The third-order valence-electron chi connectivity index (χ3n) is 3.61. The second-order valence-corrected chi connectivity index (χ2v) is 4.02. The molecule has 0 bridgehead atoms. The molecule has 0 N–H and O–H groups in total. The van der Waals surface area contributed by atoms with E-state index in [4.69, 9.17) is 4.74 Å². The van der Waals surface area contributed by atoms with Crippen molar-refractivity contribution >= 4 is 0 Å². The summed E-state index contributed by atoms with van der Waals surface area (Å²) in [5.41, 5.74) is 0.417. The lowest BCUT2D eigenvalue weighted by Gasteiger charge is -2.33. The van der Waals surface area contributed by atoms with Crippen LogP contribution < -0.4 is 0 Å². The molecule has 2 saturated heterocycles. The van der Waals surface area contributed by atoms with Crippen LogP contribution in [0.25, 0.3) is 0 Å². The summed E-state index contributed by atoms with van der Waals surface area (Å²) in [5.74, 6) is 0.829. The lowest BCUT2D eigenvalue weighted by atomic mass is 9.86. The first-order valence-corrected chi connectivity index (χ1v) is 4.55. The highest BCUT2D eigenvalue weighted by Crippen LogP contribution is 2.39. The van der Waals surface area contributed by atoms with Gasteiger partial charge in [-0.3, -0.25) is 4.90 Å². The minimum atomic E-state index is 0.417. The van der Waals surface area contributed by atoms with Crippen LogP contribution in [0.15, 0.2) is 0 Å². The molecule has 2 rings (SSSR count). The van der Waals surface area contributed by atoms with Crippen LogP contribution in [-0.4, -0.2) is 37.2 Å². The number of hydrogen-bond acceptors (Lipinski definition) is 2. The summed E-state index contributed by atoms with van der Waals surface area (Å²) in [6.45, 7) is 5.54. The van der Waals surface area contributed by atoms with Crippen LogP contribution in [0.5, 0.6) is 0 Å². The van der Waals surface area contributed by atoms with E-state index >= 15 is 0 Å². The fraction of sp³-hybridized carbons (Fsp3) is 1.00. The van der Waals surface area contributed by atoms with Crippen molar-refractivity contribution in [2.24, 2.45) is 5.92 Å². The van der Waals surface area contributed by atoms with E-state index in [1.165, 1.54) is 19.4 Å². The first-order valence-electron chi connectivity index (χ1n) is 4.55. The molecule has 2 heteroatoms. The predicted octanol–water partition coefficient (Wildman–Crippen LogP) is 1.12. The lowest BCUT2D eigenvalue weighted by Crippen LogP contribution is -2.45. The van der Waals surface area contributed by atoms with Gasteiger partial charge in [-0.1, -0.05) is 6.92 Å². The van der Waals surface area contributed by atoms with Crippen LogP contribution in [0.3, 0.4) is 0 Å². The Balaban J connectivity index is 2.19. The summed E-state index contributed by atoms with van der Waals surface area (Å²) >= 11 is 0. The molecule has 0 amide bonds. The topological polar surface area (TPSA) is 12.5 Å². The maximum Gasteiger partial charge on any atom is 0.0653 e.